The first-order valence-electron chi connectivity index (χ1n) is 8.83. The molecule has 0 aliphatic carbocycles. The smallest absolute Gasteiger partial charge is 0.223 e. The van der Waals surface area contributed by atoms with Gasteiger partial charge in [-0.3, -0.25) is 9.59 Å². The van der Waals surface area contributed by atoms with Gasteiger partial charge in [0.25, 0.3) is 0 Å². The second kappa shape index (κ2) is 7.93. The van der Waals surface area contributed by atoms with Gasteiger partial charge in [-0.15, -0.1) is 0 Å². The van der Waals surface area contributed by atoms with Crippen molar-refractivity contribution in [1.82, 2.24) is 4.90 Å². The van der Waals surface area contributed by atoms with Crippen molar-refractivity contribution < 1.29 is 14.7 Å². The van der Waals surface area contributed by atoms with Gasteiger partial charge in [0.15, 0.2) is 5.78 Å². The zero-order valence-electron chi connectivity index (χ0n) is 15.0. The van der Waals surface area contributed by atoms with Crippen LogP contribution >= 0.6 is 0 Å². The number of carbonyl (C=O) groups excluding carboxylic acids is 2. The van der Waals surface area contributed by atoms with Crippen LogP contribution in [0.5, 0.6) is 0 Å². The van der Waals surface area contributed by atoms with Crippen LogP contribution < -0.4 is 0 Å². The van der Waals surface area contributed by atoms with Crippen molar-refractivity contribution in [2.75, 3.05) is 19.7 Å². The highest BCUT2D eigenvalue weighted by molar-refractivity contribution is 5.98. The average Bonchev–Trinajstić information content (AvgIpc) is 2.58. The van der Waals surface area contributed by atoms with Crippen LogP contribution in [0.1, 0.15) is 62.4 Å². The number of carbonyl (C=O) groups is 2. The Hall–Kier alpha value is -1.68. The lowest BCUT2D eigenvalue weighted by Gasteiger charge is -2.31. The first kappa shape index (κ1) is 18.7. The van der Waals surface area contributed by atoms with Gasteiger partial charge in [-0.25, -0.2) is 0 Å². The quantitative estimate of drug-likeness (QED) is 0.843. The van der Waals surface area contributed by atoms with Gasteiger partial charge in [-0.05, 0) is 29.7 Å². The Morgan fingerprint density at radius 2 is 1.83 bits per heavy atom. The van der Waals surface area contributed by atoms with Crippen LogP contribution in [0.3, 0.4) is 0 Å². The monoisotopic (exact) mass is 331 g/mol. The number of aliphatic hydroxyl groups excluding tert-OH is 1. The fourth-order valence-corrected chi connectivity index (χ4v) is 3.12. The molecule has 4 nitrogen and oxygen atoms in total. The summed E-state index contributed by atoms with van der Waals surface area (Å²) in [6.07, 6.45) is 2.39. The molecule has 0 saturated carbocycles. The summed E-state index contributed by atoms with van der Waals surface area (Å²) in [5, 5.41) is 9.24. The number of hydrogen-bond acceptors (Lipinski definition) is 3. The first-order chi connectivity index (χ1) is 11.3. The number of rotatable bonds is 5. The Labute approximate surface area is 144 Å². The fourth-order valence-electron chi connectivity index (χ4n) is 3.12. The van der Waals surface area contributed by atoms with E-state index in [9.17, 15) is 14.7 Å². The molecule has 1 N–H and O–H groups in total. The SMILES string of the molecule is CC(C)(C)c1ccc(C(=O)CCC(=O)N2CCCC(CO)C2)cc1. The van der Waals surface area contributed by atoms with E-state index in [0.717, 1.165) is 19.4 Å². The third-order valence-electron chi connectivity index (χ3n) is 4.77. The molecule has 132 valence electrons. The minimum atomic E-state index is 0.0135. The van der Waals surface area contributed by atoms with Gasteiger partial charge >= 0.3 is 0 Å². The van der Waals surface area contributed by atoms with E-state index < -0.39 is 0 Å². The Balaban J connectivity index is 1.87. The van der Waals surface area contributed by atoms with E-state index in [0.29, 0.717) is 12.1 Å². The number of likely N-dealkylation sites (tertiary alicyclic amines) is 1. The van der Waals surface area contributed by atoms with Crippen molar-refractivity contribution in [2.24, 2.45) is 5.92 Å². The van der Waals surface area contributed by atoms with Gasteiger partial charge in [-0.1, -0.05) is 45.0 Å². The molecule has 1 aliphatic rings. The average molecular weight is 331 g/mol. The van der Waals surface area contributed by atoms with Gasteiger partial charge in [0.2, 0.25) is 5.91 Å². The molecule has 1 unspecified atom stereocenters. The predicted molar refractivity (Wildman–Crippen MR) is 95.1 cm³/mol. The van der Waals surface area contributed by atoms with E-state index in [-0.39, 0.29) is 42.5 Å². The predicted octanol–water partition coefficient (Wildman–Crippen LogP) is 3.18. The minimum absolute atomic E-state index is 0.0135. The highest BCUT2D eigenvalue weighted by Crippen LogP contribution is 2.23. The summed E-state index contributed by atoms with van der Waals surface area (Å²) in [4.78, 5) is 26.4. The molecule has 1 fully saturated rings. The molecule has 2 rings (SSSR count). The number of Topliss-reactive ketones (excluding diaryl/α,β-unsaturated/α-hetero) is 1. The molecule has 0 spiro atoms. The second-order valence-electron chi connectivity index (χ2n) is 7.78. The summed E-state index contributed by atoms with van der Waals surface area (Å²) < 4.78 is 0. The topological polar surface area (TPSA) is 57.6 Å². The number of hydrogen-bond donors (Lipinski definition) is 1. The number of benzene rings is 1. The summed E-state index contributed by atoms with van der Waals surface area (Å²) >= 11 is 0. The normalized spacial score (nSPS) is 18.5. The molecule has 1 saturated heterocycles. The van der Waals surface area contributed by atoms with Crippen molar-refractivity contribution in [2.45, 2.75) is 51.9 Å². The molecule has 1 atom stereocenters. The van der Waals surface area contributed by atoms with E-state index in [1.807, 2.05) is 24.3 Å². The Bertz CT molecular complexity index is 572. The summed E-state index contributed by atoms with van der Waals surface area (Å²) in [5.41, 5.74) is 1.93. The standard InChI is InChI=1S/C20H29NO3/c1-20(2,3)17-8-6-16(7-9-17)18(23)10-11-19(24)21-12-4-5-15(13-21)14-22/h6-9,15,22H,4-5,10-14H2,1-3H3. The lowest BCUT2D eigenvalue weighted by Crippen LogP contribution is -2.41. The maximum absolute atomic E-state index is 12.3. The Morgan fingerprint density at radius 1 is 1.17 bits per heavy atom. The Morgan fingerprint density at radius 3 is 2.42 bits per heavy atom. The molecule has 24 heavy (non-hydrogen) atoms. The molecule has 1 heterocycles. The molecular weight excluding hydrogens is 302 g/mol. The third-order valence-corrected chi connectivity index (χ3v) is 4.77. The van der Waals surface area contributed by atoms with Crippen LogP contribution in [-0.2, 0) is 10.2 Å². The van der Waals surface area contributed by atoms with Gasteiger partial charge in [0, 0.05) is 38.1 Å². The highest BCUT2D eigenvalue weighted by atomic mass is 16.3. The summed E-state index contributed by atoms with van der Waals surface area (Å²) in [5.74, 6) is 0.218. The lowest BCUT2D eigenvalue weighted by atomic mass is 9.86. The van der Waals surface area contributed by atoms with E-state index in [1.54, 1.807) is 4.90 Å². The van der Waals surface area contributed by atoms with Crippen molar-refractivity contribution in [3.05, 3.63) is 35.4 Å². The zero-order valence-corrected chi connectivity index (χ0v) is 15.0. The van der Waals surface area contributed by atoms with E-state index in [4.69, 9.17) is 0 Å². The van der Waals surface area contributed by atoms with E-state index in [1.165, 1.54) is 5.56 Å². The maximum Gasteiger partial charge on any atom is 0.223 e. The number of piperidine rings is 1. The molecular formula is C20H29NO3. The first-order valence-corrected chi connectivity index (χ1v) is 8.83. The van der Waals surface area contributed by atoms with Gasteiger partial charge in [-0.2, -0.15) is 0 Å². The van der Waals surface area contributed by atoms with Crippen molar-refractivity contribution in [1.29, 1.82) is 0 Å². The molecule has 0 bridgehead atoms. The molecule has 1 aromatic rings. The van der Waals surface area contributed by atoms with Gasteiger partial charge in [0.1, 0.15) is 0 Å². The van der Waals surface area contributed by atoms with E-state index in [2.05, 4.69) is 20.8 Å². The van der Waals surface area contributed by atoms with Crippen LogP contribution in [0.15, 0.2) is 24.3 Å². The largest absolute Gasteiger partial charge is 0.396 e. The van der Waals surface area contributed by atoms with Crippen LogP contribution in [0.2, 0.25) is 0 Å². The molecule has 0 radical (unpaired) electrons. The lowest BCUT2D eigenvalue weighted by molar-refractivity contribution is -0.133. The van der Waals surface area contributed by atoms with E-state index >= 15 is 0 Å². The molecule has 1 amide bonds. The maximum atomic E-state index is 12.3. The van der Waals surface area contributed by atoms with Gasteiger partial charge < -0.3 is 10.0 Å². The Kier molecular flexibility index (Phi) is 6.16. The molecule has 1 aromatic carbocycles. The van der Waals surface area contributed by atoms with Crippen LogP contribution in [0.4, 0.5) is 0 Å². The zero-order chi connectivity index (χ0) is 17.7. The molecule has 1 aliphatic heterocycles. The summed E-state index contributed by atoms with van der Waals surface area (Å²) in [6.45, 7) is 7.90. The van der Waals surface area contributed by atoms with Crippen LogP contribution in [0.25, 0.3) is 0 Å². The van der Waals surface area contributed by atoms with Crippen LogP contribution in [-0.4, -0.2) is 41.4 Å². The minimum Gasteiger partial charge on any atom is -0.396 e. The summed E-state index contributed by atoms with van der Waals surface area (Å²) in [7, 11) is 0. The molecule has 0 aromatic heterocycles. The summed E-state index contributed by atoms with van der Waals surface area (Å²) in [6, 6.07) is 7.70. The number of aliphatic hydroxyl groups is 1. The van der Waals surface area contributed by atoms with Crippen molar-refractivity contribution in [3.63, 3.8) is 0 Å². The highest BCUT2D eigenvalue weighted by Gasteiger charge is 2.23. The number of amides is 1. The second-order valence-corrected chi connectivity index (χ2v) is 7.78. The number of nitrogens with zero attached hydrogens (tertiary/aromatic N) is 1. The fraction of sp³-hybridized carbons (Fsp3) is 0.600. The third kappa shape index (κ3) is 4.91. The van der Waals surface area contributed by atoms with Crippen molar-refractivity contribution >= 4 is 11.7 Å². The number of ketones is 1. The molecule has 4 heteroatoms. The van der Waals surface area contributed by atoms with Crippen molar-refractivity contribution in [3.8, 4) is 0 Å². The van der Waals surface area contributed by atoms with Gasteiger partial charge in [0.05, 0.1) is 0 Å². The van der Waals surface area contributed by atoms with Crippen LogP contribution in [0, 0.1) is 5.92 Å².